The number of oxazole rings is 1. The Morgan fingerprint density at radius 2 is 2.38 bits per heavy atom. The highest BCUT2D eigenvalue weighted by Gasteiger charge is 2.06. The van der Waals surface area contributed by atoms with E-state index >= 15 is 0 Å². The van der Waals surface area contributed by atoms with Crippen LogP contribution in [0.2, 0.25) is 0 Å². The molecule has 1 aromatic carbocycles. The predicted octanol–water partition coefficient (Wildman–Crippen LogP) is 1.86. The number of fused-ring (bicyclic) bond motifs is 1. The number of nitrogen functional groups attached to an aromatic ring is 1. The molecular weight excluding hydrogens is 206 g/mol. The minimum atomic E-state index is 0.504. The van der Waals surface area contributed by atoms with Crippen molar-refractivity contribution in [2.75, 3.05) is 31.3 Å². The molecule has 5 nitrogen and oxygen atoms in total. The van der Waals surface area contributed by atoms with Crippen LogP contribution in [0.15, 0.2) is 22.6 Å². The topological polar surface area (TPSA) is 73.3 Å². The van der Waals surface area contributed by atoms with Gasteiger partial charge in [0.25, 0.3) is 6.01 Å². The van der Waals surface area contributed by atoms with Crippen molar-refractivity contribution >= 4 is 22.8 Å². The molecule has 0 bridgehead atoms. The summed E-state index contributed by atoms with van der Waals surface area (Å²) in [5, 5.41) is 3.08. The number of ether oxygens (including phenoxy) is 1. The number of nitrogens with one attached hydrogen (secondary N) is 1. The zero-order valence-corrected chi connectivity index (χ0v) is 9.19. The number of hydrogen-bond donors (Lipinski definition) is 2. The molecule has 0 aliphatic carbocycles. The standard InChI is InChI=1S/C11H15N3O2/c1-15-7-3-6-13-11-14-10-8(12)4-2-5-9(10)16-11/h2,4-5H,3,6-7,12H2,1H3,(H,13,14). The summed E-state index contributed by atoms with van der Waals surface area (Å²) < 4.78 is 10.4. The molecule has 0 saturated heterocycles. The smallest absolute Gasteiger partial charge is 0.295 e. The van der Waals surface area contributed by atoms with Crippen LogP contribution in [0.3, 0.4) is 0 Å². The molecule has 0 aliphatic heterocycles. The lowest BCUT2D eigenvalue weighted by Gasteiger charge is -1.99. The number of aromatic nitrogens is 1. The van der Waals surface area contributed by atoms with Crippen LogP contribution in [0.1, 0.15) is 6.42 Å². The summed E-state index contributed by atoms with van der Waals surface area (Å²) >= 11 is 0. The molecule has 0 fully saturated rings. The van der Waals surface area contributed by atoms with E-state index in [0.717, 1.165) is 19.6 Å². The Labute approximate surface area is 93.6 Å². The highest BCUT2D eigenvalue weighted by Crippen LogP contribution is 2.23. The maximum Gasteiger partial charge on any atom is 0.295 e. The van der Waals surface area contributed by atoms with E-state index in [0.29, 0.717) is 22.8 Å². The molecule has 86 valence electrons. The Morgan fingerprint density at radius 1 is 1.50 bits per heavy atom. The van der Waals surface area contributed by atoms with Crippen molar-refractivity contribution in [1.29, 1.82) is 0 Å². The summed E-state index contributed by atoms with van der Waals surface area (Å²) in [6, 6.07) is 6.00. The van der Waals surface area contributed by atoms with Crippen molar-refractivity contribution in [3.8, 4) is 0 Å². The highest BCUT2D eigenvalue weighted by molar-refractivity contribution is 5.86. The fourth-order valence-corrected chi connectivity index (χ4v) is 1.46. The van der Waals surface area contributed by atoms with Gasteiger partial charge in [-0.3, -0.25) is 0 Å². The third kappa shape index (κ3) is 2.25. The van der Waals surface area contributed by atoms with Crippen molar-refractivity contribution in [3.63, 3.8) is 0 Å². The van der Waals surface area contributed by atoms with Gasteiger partial charge in [0.05, 0.1) is 5.69 Å². The molecular formula is C11H15N3O2. The molecule has 2 rings (SSSR count). The van der Waals surface area contributed by atoms with Gasteiger partial charge in [0.2, 0.25) is 0 Å². The maximum absolute atomic E-state index is 5.78. The molecule has 0 radical (unpaired) electrons. The van der Waals surface area contributed by atoms with E-state index in [4.69, 9.17) is 14.9 Å². The van der Waals surface area contributed by atoms with Gasteiger partial charge in [0.1, 0.15) is 5.52 Å². The summed E-state index contributed by atoms with van der Waals surface area (Å²) in [5.41, 5.74) is 7.81. The van der Waals surface area contributed by atoms with Gasteiger partial charge in [-0.25, -0.2) is 0 Å². The molecule has 0 aliphatic rings. The van der Waals surface area contributed by atoms with Gasteiger partial charge in [0.15, 0.2) is 5.58 Å². The number of anilines is 2. The zero-order valence-electron chi connectivity index (χ0n) is 9.19. The van der Waals surface area contributed by atoms with Crippen LogP contribution < -0.4 is 11.1 Å². The lowest BCUT2D eigenvalue weighted by atomic mass is 10.3. The van der Waals surface area contributed by atoms with Gasteiger partial charge in [0, 0.05) is 20.3 Å². The number of benzene rings is 1. The Bertz CT molecular complexity index is 467. The first kappa shape index (κ1) is 10.8. The first-order valence-electron chi connectivity index (χ1n) is 5.19. The van der Waals surface area contributed by atoms with Gasteiger partial charge < -0.3 is 20.2 Å². The molecule has 2 aromatic rings. The summed E-state index contributed by atoms with van der Waals surface area (Å²) in [6.07, 6.45) is 0.907. The molecule has 0 spiro atoms. The van der Waals surface area contributed by atoms with E-state index in [9.17, 15) is 0 Å². The average Bonchev–Trinajstić information content (AvgIpc) is 2.69. The van der Waals surface area contributed by atoms with Crippen LogP contribution in [-0.2, 0) is 4.74 Å². The third-order valence-electron chi connectivity index (χ3n) is 2.25. The summed E-state index contributed by atoms with van der Waals surface area (Å²) in [4.78, 5) is 4.27. The van der Waals surface area contributed by atoms with Crippen LogP contribution in [-0.4, -0.2) is 25.2 Å². The van der Waals surface area contributed by atoms with Crippen molar-refractivity contribution < 1.29 is 9.15 Å². The SMILES string of the molecule is COCCCNc1nc2c(N)cccc2o1. The van der Waals surface area contributed by atoms with Crippen LogP contribution in [0, 0.1) is 0 Å². The molecule has 1 aromatic heterocycles. The van der Waals surface area contributed by atoms with E-state index in [1.54, 1.807) is 13.2 Å². The summed E-state index contributed by atoms with van der Waals surface area (Å²) in [5.74, 6) is 0. The normalized spacial score (nSPS) is 10.8. The second-order valence-corrected chi connectivity index (χ2v) is 3.49. The second-order valence-electron chi connectivity index (χ2n) is 3.49. The quantitative estimate of drug-likeness (QED) is 0.595. The number of para-hydroxylation sites is 1. The van der Waals surface area contributed by atoms with E-state index in [1.807, 2.05) is 12.1 Å². The van der Waals surface area contributed by atoms with E-state index in [-0.39, 0.29) is 0 Å². The Morgan fingerprint density at radius 3 is 3.12 bits per heavy atom. The van der Waals surface area contributed by atoms with Crippen LogP contribution in [0.25, 0.3) is 11.1 Å². The van der Waals surface area contributed by atoms with Crippen molar-refractivity contribution in [3.05, 3.63) is 18.2 Å². The molecule has 0 saturated carbocycles. The maximum atomic E-state index is 5.78. The van der Waals surface area contributed by atoms with Crippen LogP contribution >= 0.6 is 0 Å². The Kier molecular flexibility index (Phi) is 3.26. The van der Waals surface area contributed by atoms with Gasteiger partial charge in [-0.1, -0.05) is 6.07 Å². The van der Waals surface area contributed by atoms with E-state index in [1.165, 1.54) is 0 Å². The van der Waals surface area contributed by atoms with E-state index in [2.05, 4.69) is 10.3 Å². The number of methoxy groups -OCH3 is 1. The average molecular weight is 221 g/mol. The number of nitrogens with zero attached hydrogens (tertiary/aromatic N) is 1. The number of hydrogen-bond acceptors (Lipinski definition) is 5. The first-order chi connectivity index (χ1) is 7.81. The number of nitrogens with two attached hydrogens (primary N) is 1. The number of rotatable bonds is 5. The Balaban J connectivity index is 2.05. The largest absolute Gasteiger partial charge is 0.423 e. The van der Waals surface area contributed by atoms with Gasteiger partial charge >= 0.3 is 0 Å². The van der Waals surface area contributed by atoms with Crippen LogP contribution in [0.5, 0.6) is 0 Å². The fourth-order valence-electron chi connectivity index (χ4n) is 1.46. The minimum absolute atomic E-state index is 0.504. The second kappa shape index (κ2) is 4.85. The Hall–Kier alpha value is -1.75. The predicted molar refractivity (Wildman–Crippen MR) is 63.4 cm³/mol. The van der Waals surface area contributed by atoms with Crippen molar-refractivity contribution in [2.45, 2.75) is 6.42 Å². The fraction of sp³-hybridized carbons (Fsp3) is 0.364. The van der Waals surface area contributed by atoms with Crippen LogP contribution in [0.4, 0.5) is 11.7 Å². The zero-order chi connectivity index (χ0) is 11.4. The van der Waals surface area contributed by atoms with Gasteiger partial charge in [-0.05, 0) is 18.6 Å². The van der Waals surface area contributed by atoms with Crippen molar-refractivity contribution in [1.82, 2.24) is 4.98 Å². The molecule has 5 heteroatoms. The molecule has 0 amide bonds. The monoisotopic (exact) mass is 221 g/mol. The molecule has 16 heavy (non-hydrogen) atoms. The van der Waals surface area contributed by atoms with Gasteiger partial charge in [-0.2, -0.15) is 4.98 Å². The minimum Gasteiger partial charge on any atom is -0.423 e. The van der Waals surface area contributed by atoms with Crippen molar-refractivity contribution in [2.24, 2.45) is 0 Å². The lowest BCUT2D eigenvalue weighted by molar-refractivity contribution is 0.197. The first-order valence-corrected chi connectivity index (χ1v) is 5.19. The third-order valence-corrected chi connectivity index (χ3v) is 2.25. The highest BCUT2D eigenvalue weighted by atomic mass is 16.5. The van der Waals surface area contributed by atoms with E-state index < -0.39 is 0 Å². The molecule has 1 heterocycles. The lowest BCUT2D eigenvalue weighted by Crippen LogP contribution is -2.04. The molecule has 3 N–H and O–H groups in total. The molecule has 0 atom stereocenters. The summed E-state index contributed by atoms with van der Waals surface area (Å²) in [7, 11) is 1.68. The van der Waals surface area contributed by atoms with Gasteiger partial charge in [-0.15, -0.1) is 0 Å². The summed E-state index contributed by atoms with van der Waals surface area (Å²) in [6.45, 7) is 1.48. The molecule has 0 unspecified atom stereocenters.